The Morgan fingerprint density at radius 3 is 1.57 bits per heavy atom. The van der Waals surface area contributed by atoms with Gasteiger partial charge in [0.15, 0.2) is 0 Å². The van der Waals surface area contributed by atoms with Gasteiger partial charge in [-0.15, -0.1) is 0 Å². The molecule has 0 aliphatic carbocycles. The SMILES string of the molecule is COC(C)C(C(C)C)N(Cc1ccccc1)Cc1ccccc1. The quantitative estimate of drug-likeness (QED) is 0.697. The van der Waals surface area contributed by atoms with Gasteiger partial charge >= 0.3 is 0 Å². The molecule has 0 aliphatic heterocycles. The average Bonchev–Trinajstić information content (AvgIpc) is 2.56. The predicted molar refractivity (Wildman–Crippen MR) is 97.2 cm³/mol. The van der Waals surface area contributed by atoms with Crippen LogP contribution in [0.2, 0.25) is 0 Å². The van der Waals surface area contributed by atoms with Crippen LogP contribution < -0.4 is 0 Å². The second kappa shape index (κ2) is 8.85. The van der Waals surface area contributed by atoms with Crippen LogP contribution in [-0.2, 0) is 17.8 Å². The Morgan fingerprint density at radius 2 is 1.22 bits per heavy atom. The molecule has 2 atom stereocenters. The molecule has 0 saturated carbocycles. The molecule has 2 aromatic carbocycles. The lowest BCUT2D eigenvalue weighted by molar-refractivity contribution is -0.00340. The maximum atomic E-state index is 5.69. The first-order chi connectivity index (χ1) is 11.1. The molecular formula is C21H29NO. The number of nitrogens with zero attached hydrogens (tertiary/aromatic N) is 1. The molecule has 23 heavy (non-hydrogen) atoms. The normalized spacial score (nSPS) is 14.2. The topological polar surface area (TPSA) is 12.5 Å². The number of benzene rings is 2. The van der Waals surface area contributed by atoms with Crippen molar-refractivity contribution in [2.75, 3.05) is 7.11 Å². The van der Waals surface area contributed by atoms with Crippen molar-refractivity contribution in [2.24, 2.45) is 5.92 Å². The van der Waals surface area contributed by atoms with Gasteiger partial charge < -0.3 is 4.74 Å². The van der Waals surface area contributed by atoms with E-state index in [1.54, 1.807) is 0 Å². The van der Waals surface area contributed by atoms with Gasteiger partial charge in [-0.05, 0) is 24.0 Å². The summed E-state index contributed by atoms with van der Waals surface area (Å²) in [6, 6.07) is 21.8. The molecule has 0 aliphatic rings. The first-order valence-electron chi connectivity index (χ1n) is 8.46. The zero-order valence-electron chi connectivity index (χ0n) is 14.8. The molecule has 2 aromatic rings. The van der Waals surface area contributed by atoms with Crippen LogP contribution in [-0.4, -0.2) is 24.2 Å². The van der Waals surface area contributed by atoms with E-state index in [1.165, 1.54) is 11.1 Å². The number of hydrogen-bond acceptors (Lipinski definition) is 2. The molecule has 0 bridgehead atoms. The van der Waals surface area contributed by atoms with Crippen LogP contribution in [0.5, 0.6) is 0 Å². The summed E-state index contributed by atoms with van der Waals surface area (Å²) in [6.45, 7) is 8.61. The van der Waals surface area contributed by atoms with E-state index in [1.807, 2.05) is 7.11 Å². The standard InChI is InChI=1S/C21H29NO/c1-17(2)21(18(3)23-4)22(15-19-11-7-5-8-12-19)16-20-13-9-6-10-14-20/h5-14,17-18,21H,15-16H2,1-4H3. The van der Waals surface area contributed by atoms with Crippen LogP contribution in [0.1, 0.15) is 31.9 Å². The number of methoxy groups -OCH3 is 1. The van der Waals surface area contributed by atoms with E-state index in [4.69, 9.17) is 4.74 Å². The van der Waals surface area contributed by atoms with Crippen molar-refractivity contribution >= 4 is 0 Å². The van der Waals surface area contributed by atoms with Crippen LogP contribution >= 0.6 is 0 Å². The van der Waals surface area contributed by atoms with Gasteiger partial charge in [0.2, 0.25) is 0 Å². The summed E-state index contributed by atoms with van der Waals surface area (Å²) in [4.78, 5) is 2.55. The van der Waals surface area contributed by atoms with Crippen LogP contribution in [0.25, 0.3) is 0 Å². The summed E-state index contributed by atoms with van der Waals surface area (Å²) in [6.07, 6.45) is 0.197. The first-order valence-corrected chi connectivity index (χ1v) is 8.46. The van der Waals surface area contributed by atoms with Gasteiger partial charge in [-0.2, -0.15) is 0 Å². The monoisotopic (exact) mass is 311 g/mol. The Hall–Kier alpha value is -1.64. The largest absolute Gasteiger partial charge is 0.380 e. The molecular weight excluding hydrogens is 282 g/mol. The summed E-state index contributed by atoms with van der Waals surface area (Å²) in [7, 11) is 1.81. The molecule has 0 amide bonds. The van der Waals surface area contributed by atoms with Crippen molar-refractivity contribution in [1.29, 1.82) is 0 Å². The van der Waals surface area contributed by atoms with Crippen molar-refractivity contribution < 1.29 is 4.74 Å². The van der Waals surface area contributed by atoms with Gasteiger partial charge in [0.05, 0.1) is 6.10 Å². The molecule has 0 saturated heterocycles. The van der Waals surface area contributed by atoms with E-state index >= 15 is 0 Å². The Morgan fingerprint density at radius 1 is 0.783 bits per heavy atom. The molecule has 0 heterocycles. The average molecular weight is 311 g/mol. The fourth-order valence-corrected chi connectivity index (χ4v) is 3.30. The molecule has 2 unspecified atom stereocenters. The predicted octanol–water partition coefficient (Wildman–Crippen LogP) is 4.75. The summed E-state index contributed by atoms with van der Waals surface area (Å²) in [5.41, 5.74) is 2.69. The molecule has 2 rings (SSSR count). The van der Waals surface area contributed by atoms with Gasteiger partial charge in [-0.1, -0.05) is 74.5 Å². The van der Waals surface area contributed by atoms with E-state index in [0.29, 0.717) is 12.0 Å². The van der Waals surface area contributed by atoms with Crippen LogP contribution in [0.3, 0.4) is 0 Å². The van der Waals surface area contributed by atoms with E-state index < -0.39 is 0 Å². The second-order valence-electron chi connectivity index (χ2n) is 6.55. The highest BCUT2D eigenvalue weighted by Gasteiger charge is 2.27. The zero-order chi connectivity index (χ0) is 16.7. The number of hydrogen-bond donors (Lipinski definition) is 0. The van der Waals surface area contributed by atoms with E-state index in [-0.39, 0.29) is 6.10 Å². The number of rotatable bonds is 8. The fourth-order valence-electron chi connectivity index (χ4n) is 3.30. The maximum absolute atomic E-state index is 5.69. The maximum Gasteiger partial charge on any atom is 0.0701 e. The highest BCUT2D eigenvalue weighted by atomic mass is 16.5. The van der Waals surface area contributed by atoms with Gasteiger partial charge in [0.25, 0.3) is 0 Å². The van der Waals surface area contributed by atoms with Gasteiger partial charge in [-0.3, -0.25) is 4.90 Å². The minimum absolute atomic E-state index is 0.197. The van der Waals surface area contributed by atoms with E-state index in [2.05, 4.69) is 86.3 Å². The molecule has 124 valence electrons. The van der Waals surface area contributed by atoms with E-state index in [9.17, 15) is 0 Å². The molecule has 2 nitrogen and oxygen atoms in total. The molecule has 0 radical (unpaired) electrons. The Labute approximate surface area is 141 Å². The van der Waals surface area contributed by atoms with E-state index in [0.717, 1.165) is 13.1 Å². The third-order valence-corrected chi connectivity index (χ3v) is 4.41. The van der Waals surface area contributed by atoms with Crippen molar-refractivity contribution in [3.05, 3.63) is 71.8 Å². The molecule has 0 fully saturated rings. The van der Waals surface area contributed by atoms with Gasteiger partial charge in [-0.25, -0.2) is 0 Å². The fraction of sp³-hybridized carbons (Fsp3) is 0.429. The van der Waals surface area contributed by atoms with Crippen LogP contribution in [0.15, 0.2) is 60.7 Å². The summed E-state index contributed by atoms with van der Waals surface area (Å²) in [5, 5.41) is 0. The molecule has 0 N–H and O–H groups in total. The minimum atomic E-state index is 0.197. The molecule has 0 spiro atoms. The lowest BCUT2D eigenvalue weighted by Gasteiger charge is -2.38. The van der Waals surface area contributed by atoms with Crippen molar-refractivity contribution in [1.82, 2.24) is 4.90 Å². The van der Waals surface area contributed by atoms with Crippen LogP contribution in [0.4, 0.5) is 0 Å². The third-order valence-electron chi connectivity index (χ3n) is 4.41. The summed E-state index contributed by atoms with van der Waals surface area (Å²) >= 11 is 0. The van der Waals surface area contributed by atoms with Gasteiger partial charge in [0.1, 0.15) is 0 Å². The van der Waals surface area contributed by atoms with Crippen LogP contribution in [0, 0.1) is 5.92 Å². The lowest BCUT2D eigenvalue weighted by atomic mass is 9.96. The zero-order valence-corrected chi connectivity index (χ0v) is 14.8. The molecule has 2 heteroatoms. The van der Waals surface area contributed by atoms with Crippen molar-refractivity contribution in [2.45, 2.75) is 46.0 Å². The Bertz CT molecular complexity index is 511. The second-order valence-corrected chi connectivity index (χ2v) is 6.55. The number of ether oxygens (including phenoxy) is 1. The summed E-state index contributed by atoms with van der Waals surface area (Å²) < 4.78 is 5.69. The lowest BCUT2D eigenvalue weighted by Crippen LogP contribution is -2.45. The van der Waals surface area contributed by atoms with Crippen molar-refractivity contribution in [3.63, 3.8) is 0 Å². The Kier molecular flexibility index (Phi) is 6.82. The Balaban J connectivity index is 2.25. The molecule has 0 aromatic heterocycles. The smallest absolute Gasteiger partial charge is 0.0701 e. The summed E-state index contributed by atoms with van der Waals surface area (Å²) in [5.74, 6) is 0.525. The highest BCUT2D eigenvalue weighted by Crippen LogP contribution is 2.22. The minimum Gasteiger partial charge on any atom is -0.380 e. The van der Waals surface area contributed by atoms with Gasteiger partial charge in [0, 0.05) is 26.2 Å². The highest BCUT2D eigenvalue weighted by molar-refractivity contribution is 5.17. The third kappa shape index (κ3) is 5.19. The first kappa shape index (κ1) is 17.7. The van der Waals surface area contributed by atoms with Crippen molar-refractivity contribution in [3.8, 4) is 0 Å².